The first kappa shape index (κ1) is 13.3. The Morgan fingerprint density at radius 1 is 1.29 bits per heavy atom. The van der Waals surface area contributed by atoms with E-state index in [-0.39, 0.29) is 5.78 Å². The number of carbonyl (C=O) groups excluding carboxylic acids is 1. The number of thiophene rings is 1. The van der Waals surface area contributed by atoms with Gasteiger partial charge in [-0.2, -0.15) is 0 Å². The van der Waals surface area contributed by atoms with Crippen molar-refractivity contribution in [1.29, 1.82) is 0 Å². The lowest BCUT2D eigenvalue weighted by molar-refractivity contribution is 0.104. The Balaban J connectivity index is 2.47. The molecule has 0 aliphatic rings. The maximum absolute atomic E-state index is 12.3. The molecule has 17 heavy (non-hydrogen) atoms. The first-order chi connectivity index (χ1) is 7.99. The van der Waals surface area contributed by atoms with Crippen molar-refractivity contribution in [3.05, 3.63) is 53.6 Å². The number of rotatable bonds is 2. The lowest BCUT2D eigenvalue weighted by atomic mass is 10.1. The van der Waals surface area contributed by atoms with Crippen molar-refractivity contribution in [3.63, 3.8) is 0 Å². The predicted octanol–water partition coefficient (Wildman–Crippen LogP) is 5.47. The lowest BCUT2D eigenvalue weighted by Gasteiger charge is -2.03. The van der Waals surface area contributed by atoms with Crippen molar-refractivity contribution < 1.29 is 4.79 Å². The molecule has 0 spiro atoms. The van der Waals surface area contributed by atoms with Crippen molar-refractivity contribution in [2.45, 2.75) is 6.92 Å². The van der Waals surface area contributed by atoms with E-state index in [0.29, 0.717) is 15.5 Å². The van der Waals surface area contributed by atoms with Gasteiger partial charge in [0.15, 0.2) is 0 Å². The Morgan fingerprint density at radius 2 is 2.00 bits per heavy atom. The average molecular weight is 395 g/mol. The summed E-state index contributed by atoms with van der Waals surface area (Å²) >= 11 is 14.0. The molecular weight excluding hydrogens is 387 g/mol. The van der Waals surface area contributed by atoms with E-state index in [0.717, 1.165) is 13.8 Å². The van der Waals surface area contributed by atoms with Gasteiger partial charge in [0, 0.05) is 10.0 Å². The molecule has 88 valence electrons. The van der Waals surface area contributed by atoms with Crippen LogP contribution in [0.15, 0.2) is 32.5 Å². The van der Waals surface area contributed by atoms with Gasteiger partial charge in [-0.1, -0.05) is 39.2 Å². The minimum atomic E-state index is -0.0156. The van der Waals surface area contributed by atoms with Crippen molar-refractivity contribution in [3.8, 4) is 0 Å². The highest BCUT2D eigenvalue weighted by Gasteiger charge is 2.16. The molecule has 0 atom stereocenters. The summed E-state index contributed by atoms with van der Waals surface area (Å²) in [5.41, 5.74) is 1.72. The van der Waals surface area contributed by atoms with E-state index in [2.05, 4.69) is 31.9 Å². The molecule has 1 heterocycles. The standard InChI is InChI=1S/C12H7Br2ClOS/c1-6-2-3-8(13)7(4-6)11(16)10-5-9(15)12(14)17-10/h2-5H,1H3. The van der Waals surface area contributed by atoms with Gasteiger partial charge in [-0.25, -0.2) is 0 Å². The zero-order valence-electron chi connectivity index (χ0n) is 8.76. The number of ketones is 1. The molecule has 0 saturated carbocycles. The van der Waals surface area contributed by atoms with Crippen LogP contribution in [0.5, 0.6) is 0 Å². The van der Waals surface area contributed by atoms with Crippen LogP contribution >= 0.6 is 54.8 Å². The van der Waals surface area contributed by atoms with Crippen LogP contribution in [-0.2, 0) is 0 Å². The molecule has 2 aromatic rings. The number of hydrogen-bond acceptors (Lipinski definition) is 2. The molecule has 0 saturated heterocycles. The van der Waals surface area contributed by atoms with Gasteiger partial charge in [0.25, 0.3) is 0 Å². The molecule has 1 nitrogen and oxygen atoms in total. The molecule has 1 aromatic heterocycles. The van der Waals surface area contributed by atoms with Crippen LogP contribution in [0.1, 0.15) is 20.8 Å². The Morgan fingerprint density at radius 3 is 2.59 bits per heavy atom. The molecule has 0 N–H and O–H groups in total. The first-order valence-electron chi connectivity index (χ1n) is 4.74. The largest absolute Gasteiger partial charge is 0.288 e. The number of hydrogen-bond donors (Lipinski definition) is 0. The Hall–Kier alpha value is -0.160. The van der Waals surface area contributed by atoms with E-state index in [1.165, 1.54) is 11.3 Å². The molecule has 0 aliphatic carbocycles. The SMILES string of the molecule is Cc1ccc(Br)c(C(=O)c2cc(Cl)c(Br)s2)c1. The number of halogens is 3. The van der Waals surface area contributed by atoms with E-state index in [4.69, 9.17) is 11.6 Å². The van der Waals surface area contributed by atoms with Crippen LogP contribution in [0.2, 0.25) is 5.02 Å². The van der Waals surface area contributed by atoms with Crippen molar-refractivity contribution in [2.75, 3.05) is 0 Å². The molecule has 0 fully saturated rings. The van der Waals surface area contributed by atoms with Gasteiger partial charge in [0.1, 0.15) is 0 Å². The maximum Gasteiger partial charge on any atom is 0.204 e. The maximum atomic E-state index is 12.3. The summed E-state index contributed by atoms with van der Waals surface area (Å²) in [6.07, 6.45) is 0. The summed E-state index contributed by atoms with van der Waals surface area (Å²) in [4.78, 5) is 12.9. The third-order valence-electron chi connectivity index (χ3n) is 2.24. The zero-order valence-corrected chi connectivity index (χ0v) is 13.5. The topological polar surface area (TPSA) is 17.1 Å². The highest BCUT2D eigenvalue weighted by atomic mass is 79.9. The fourth-order valence-electron chi connectivity index (χ4n) is 1.40. The fraction of sp³-hybridized carbons (Fsp3) is 0.0833. The van der Waals surface area contributed by atoms with Crippen LogP contribution < -0.4 is 0 Å². The van der Waals surface area contributed by atoms with Crippen molar-refractivity contribution >= 4 is 60.6 Å². The van der Waals surface area contributed by atoms with E-state index < -0.39 is 0 Å². The van der Waals surface area contributed by atoms with Crippen molar-refractivity contribution in [2.24, 2.45) is 0 Å². The van der Waals surface area contributed by atoms with Gasteiger partial charge < -0.3 is 0 Å². The average Bonchev–Trinajstić information content (AvgIpc) is 2.62. The summed E-state index contributed by atoms with van der Waals surface area (Å²) in [5.74, 6) is -0.0156. The summed E-state index contributed by atoms with van der Waals surface area (Å²) in [7, 11) is 0. The van der Waals surface area contributed by atoms with Gasteiger partial charge in [-0.3, -0.25) is 4.79 Å². The van der Waals surface area contributed by atoms with Crippen molar-refractivity contribution in [1.82, 2.24) is 0 Å². The number of aryl methyl sites for hydroxylation is 1. The second kappa shape index (κ2) is 5.22. The second-order valence-corrected chi connectivity index (χ2v) is 7.18. The predicted molar refractivity (Wildman–Crippen MR) is 79.3 cm³/mol. The van der Waals surface area contributed by atoms with E-state index >= 15 is 0 Å². The van der Waals surface area contributed by atoms with Crippen LogP contribution in [0, 0.1) is 6.92 Å². The summed E-state index contributed by atoms with van der Waals surface area (Å²) in [6.45, 7) is 1.96. The molecule has 0 aliphatic heterocycles. The summed E-state index contributed by atoms with van der Waals surface area (Å²) in [6, 6.07) is 7.40. The molecule has 0 amide bonds. The summed E-state index contributed by atoms with van der Waals surface area (Å²) in [5, 5.41) is 0.571. The number of benzene rings is 1. The van der Waals surface area contributed by atoms with Gasteiger partial charge >= 0.3 is 0 Å². The molecule has 0 radical (unpaired) electrons. The lowest BCUT2D eigenvalue weighted by Crippen LogP contribution is -2.00. The quantitative estimate of drug-likeness (QED) is 0.618. The highest BCUT2D eigenvalue weighted by molar-refractivity contribution is 9.11. The molecule has 0 bridgehead atoms. The molecular formula is C12H7Br2ClOS. The Bertz CT molecular complexity index is 573. The fourth-order valence-corrected chi connectivity index (χ4v) is 3.49. The van der Waals surface area contributed by atoms with Crippen LogP contribution in [-0.4, -0.2) is 5.78 Å². The zero-order chi connectivity index (χ0) is 12.6. The monoisotopic (exact) mass is 392 g/mol. The third kappa shape index (κ3) is 2.81. The first-order valence-corrected chi connectivity index (χ1v) is 7.53. The van der Waals surface area contributed by atoms with Gasteiger partial charge in [-0.05, 0) is 41.1 Å². The Kier molecular flexibility index (Phi) is 4.08. The van der Waals surface area contributed by atoms with E-state index in [9.17, 15) is 4.79 Å². The molecule has 0 unspecified atom stereocenters. The van der Waals surface area contributed by atoms with Gasteiger partial charge in [0.05, 0.1) is 13.7 Å². The highest BCUT2D eigenvalue weighted by Crippen LogP contribution is 2.34. The van der Waals surface area contributed by atoms with Crippen LogP contribution in [0.4, 0.5) is 0 Å². The normalized spacial score (nSPS) is 10.6. The number of carbonyl (C=O) groups is 1. The van der Waals surface area contributed by atoms with Gasteiger partial charge in [-0.15, -0.1) is 11.3 Å². The molecule has 2 rings (SSSR count). The molecule has 5 heteroatoms. The smallest absolute Gasteiger partial charge is 0.204 e. The van der Waals surface area contributed by atoms with Crippen LogP contribution in [0.25, 0.3) is 0 Å². The minimum Gasteiger partial charge on any atom is -0.288 e. The van der Waals surface area contributed by atoms with Gasteiger partial charge in [0.2, 0.25) is 5.78 Å². The van der Waals surface area contributed by atoms with Crippen LogP contribution in [0.3, 0.4) is 0 Å². The molecule has 1 aromatic carbocycles. The minimum absolute atomic E-state index is 0.0156. The third-order valence-corrected chi connectivity index (χ3v) is 5.40. The summed E-state index contributed by atoms with van der Waals surface area (Å²) < 4.78 is 1.58. The Labute approximate surface area is 125 Å². The van der Waals surface area contributed by atoms with E-state index in [1.54, 1.807) is 6.07 Å². The second-order valence-electron chi connectivity index (χ2n) is 3.54. The van der Waals surface area contributed by atoms with E-state index in [1.807, 2.05) is 25.1 Å².